The molecule has 0 saturated heterocycles. The summed E-state index contributed by atoms with van der Waals surface area (Å²) in [6, 6.07) is 96.3. The zero-order chi connectivity index (χ0) is 42.7. The van der Waals surface area contributed by atoms with Crippen LogP contribution in [0.5, 0.6) is 0 Å². The van der Waals surface area contributed by atoms with E-state index in [0.717, 1.165) is 34.1 Å². The number of benzene rings is 11. The first-order valence-electron chi connectivity index (χ1n) is 21.9. The highest BCUT2D eigenvalue weighted by molar-refractivity contribution is 6.01. The molecule has 11 rings (SSSR count). The number of para-hydroxylation sites is 1. The molecule has 2 heteroatoms. The lowest BCUT2D eigenvalue weighted by atomic mass is 9.96. The second-order valence-electron chi connectivity index (χ2n) is 16.2. The van der Waals surface area contributed by atoms with Crippen LogP contribution in [0.25, 0.3) is 66.1 Å². The van der Waals surface area contributed by atoms with Crippen molar-refractivity contribution >= 4 is 55.7 Å². The molecular formula is C62H44N2. The van der Waals surface area contributed by atoms with E-state index >= 15 is 0 Å². The molecule has 0 N–H and O–H groups in total. The Hall–Kier alpha value is -8.46. The van der Waals surface area contributed by atoms with Crippen LogP contribution in [0.1, 0.15) is 0 Å². The van der Waals surface area contributed by atoms with Gasteiger partial charge in [0.1, 0.15) is 0 Å². The standard InChI is InChI=1S/C62H44N2/c1-4-16-45(17-5-1)53-42-54(46-18-6-2-7-19-46)44-58(43-53)64(62-29-15-23-52-21-11-13-27-60(52)62)57-40-36-50(37-41-57)48-32-30-47(31-33-48)49-34-38-56(39-35-49)63(55-24-8-3-9-25-55)61-28-14-22-51-20-10-12-26-59(51)61/h1-44H. The summed E-state index contributed by atoms with van der Waals surface area (Å²) in [5.41, 5.74) is 16.1. The first-order chi connectivity index (χ1) is 31.7. The van der Waals surface area contributed by atoms with E-state index < -0.39 is 0 Å². The SMILES string of the molecule is c1ccc(-c2cc(-c3ccccc3)cc(N(c3ccc(-c4ccc(-c5ccc(N(c6ccccc6)c6cccc7ccccc67)cc5)cc4)cc3)c3cccc4ccccc34)c2)cc1. The molecule has 0 fully saturated rings. The van der Waals surface area contributed by atoms with Crippen LogP contribution in [0.15, 0.2) is 267 Å². The minimum absolute atomic E-state index is 1.09. The van der Waals surface area contributed by atoms with Crippen molar-refractivity contribution in [2.45, 2.75) is 0 Å². The normalized spacial score (nSPS) is 11.1. The Morgan fingerprint density at radius 2 is 0.500 bits per heavy atom. The molecule has 0 bridgehead atoms. The third kappa shape index (κ3) is 7.59. The maximum atomic E-state index is 2.41. The zero-order valence-electron chi connectivity index (χ0n) is 35.3. The summed E-state index contributed by atoms with van der Waals surface area (Å²) < 4.78 is 0. The van der Waals surface area contributed by atoms with Crippen molar-refractivity contribution in [2.75, 3.05) is 9.80 Å². The van der Waals surface area contributed by atoms with Crippen molar-refractivity contribution in [3.63, 3.8) is 0 Å². The van der Waals surface area contributed by atoms with Gasteiger partial charge in [-0.15, -0.1) is 0 Å². The van der Waals surface area contributed by atoms with E-state index in [2.05, 4.69) is 277 Å². The smallest absolute Gasteiger partial charge is 0.0540 e. The molecule has 0 saturated carbocycles. The van der Waals surface area contributed by atoms with Gasteiger partial charge in [0.25, 0.3) is 0 Å². The molecule has 11 aromatic rings. The molecule has 0 aliphatic rings. The van der Waals surface area contributed by atoms with Crippen LogP contribution < -0.4 is 9.80 Å². The molecule has 0 aliphatic carbocycles. The van der Waals surface area contributed by atoms with Crippen molar-refractivity contribution in [1.82, 2.24) is 0 Å². The molecule has 0 spiro atoms. The number of hydrogen-bond donors (Lipinski definition) is 0. The predicted molar refractivity (Wildman–Crippen MR) is 273 cm³/mol. The lowest BCUT2D eigenvalue weighted by molar-refractivity contribution is 1.30. The fraction of sp³-hybridized carbons (Fsp3) is 0. The molecule has 0 radical (unpaired) electrons. The van der Waals surface area contributed by atoms with Crippen LogP contribution >= 0.6 is 0 Å². The molecule has 0 atom stereocenters. The first kappa shape index (κ1) is 38.5. The molecule has 0 heterocycles. The van der Waals surface area contributed by atoms with Crippen LogP contribution in [0.2, 0.25) is 0 Å². The number of hydrogen-bond acceptors (Lipinski definition) is 2. The van der Waals surface area contributed by atoms with Gasteiger partial charge in [-0.1, -0.05) is 200 Å². The summed E-state index contributed by atoms with van der Waals surface area (Å²) in [5.74, 6) is 0. The Bertz CT molecular complexity index is 3270. The van der Waals surface area contributed by atoms with E-state index in [4.69, 9.17) is 0 Å². The van der Waals surface area contributed by atoms with Gasteiger partial charge in [-0.05, 0) is 122 Å². The third-order valence-electron chi connectivity index (χ3n) is 12.2. The second-order valence-corrected chi connectivity index (χ2v) is 16.2. The van der Waals surface area contributed by atoms with Crippen LogP contribution in [0.3, 0.4) is 0 Å². The minimum Gasteiger partial charge on any atom is -0.310 e. The fourth-order valence-electron chi connectivity index (χ4n) is 9.03. The molecule has 302 valence electrons. The van der Waals surface area contributed by atoms with Crippen molar-refractivity contribution in [2.24, 2.45) is 0 Å². The molecule has 64 heavy (non-hydrogen) atoms. The largest absolute Gasteiger partial charge is 0.310 e. The Labute approximate surface area is 375 Å². The Morgan fingerprint density at radius 3 is 0.938 bits per heavy atom. The van der Waals surface area contributed by atoms with Gasteiger partial charge in [0.15, 0.2) is 0 Å². The molecule has 2 nitrogen and oxygen atoms in total. The van der Waals surface area contributed by atoms with Gasteiger partial charge >= 0.3 is 0 Å². The average Bonchev–Trinajstić information content (AvgIpc) is 3.38. The van der Waals surface area contributed by atoms with Gasteiger partial charge in [-0.2, -0.15) is 0 Å². The van der Waals surface area contributed by atoms with Gasteiger partial charge < -0.3 is 9.80 Å². The highest BCUT2D eigenvalue weighted by Gasteiger charge is 2.19. The fourth-order valence-corrected chi connectivity index (χ4v) is 9.03. The molecular weight excluding hydrogens is 773 g/mol. The van der Waals surface area contributed by atoms with Gasteiger partial charge in [0, 0.05) is 33.5 Å². The Kier molecular flexibility index (Phi) is 10.3. The van der Waals surface area contributed by atoms with Crippen LogP contribution in [0, 0.1) is 0 Å². The van der Waals surface area contributed by atoms with Crippen LogP contribution in [0.4, 0.5) is 34.1 Å². The average molecular weight is 817 g/mol. The summed E-state index contributed by atoms with van der Waals surface area (Å²) in [6.45, 7) is 0. The summed E-state index contributed by atoms with van der Waals surface area (Å²) in [6.07, 6.45) is 0. The van der Waals surface area contributed by atoms with Gasteiger partial charge in [-0.3, -0.25) is 0 Å². The maximum Gasteiger partial charge on any atom is 0.0540 e. The summed E-state index contributed by atoms with van der Waals surface area (Å²) >= 11 is 0. The lowest BCUT2D eigenvalue weighted by Gasteiger charge is -2.28. The third-order valence-corrected chi connectivity index (χ3v) is 12.2. The van der Waals surface area contributed by atoms with E-state index in [1.54, 1.807) is 0 Å². The van der Waals surface area contributed by atoms with Crippen LogP contribution in [-0.2, 0) is 0 Å². The monoisotopic (exact) mass is 816 g/mol. The lowest BCUT2D eigenvalue weighted by Crippen LogP contribution is -2.11. The van der Waals surface area contributed by atoms with E-state index in [0.29, 0.717) is 0 Å². The molecule has 0 aromatic heterocycles. The molecule has 0 aliphatic heterocycles. The topological polar surface area (TPSA) is 6.48 Å². The minimum atomic E-state index is 1.09. The Morgan fingerprint density at radius 1 is 0.188 bits per heavy atom. The van der Waals surface area contributed by atoms with Gasteiger partial charge in [0.2, 0.25) is 0 Å². The summed E-state index contributed by atoms with van der Waals surface area (Å²) in [7, 11) is 0. The van der Waals surface area contributed by atoms with E-state index in [-0.39, 0.29) is 0 Å². The van der Waals surface area contributed by atoms with Crippen LogP contribution in [-0.4, -0.2) is 0 Å². The summed E-state index contributed by atoms with van der Waals surface area (Å²) in [4.78, 5) is 4.76. The van der Waals surface area contributed by atoms with Gasteiger partial charge in [-0.25, -0.2) is 0 Å². The number of fused-ring (bicyclic) bond motifs is 2. The van der Waals surface area contributed by atoms with E-state index in [1.807, 2.05) is 0 Å². The molecule has 0 unspecified atom stereocenters. The zero-order valence-corrected chi connectivity index (χ0v) is 35.3. The maximum absolute atomic E-state index is 2.41. The first-order valence-corrected chi connectivity index (χ1v) is 21.9. The highest BCUT2D eigenvalue weighted by atomic mass is 15.1. The second kappa shape index (κ2) is 17.1. The van der Waals surface area contributed by atoms with Crippen molar-refractivity contribution in [1.29, 1.82) is 0 Å². The van der Waals surface area contributed by atoms with E-state index in [1.165, 1.54) is 66.1 Å². The van der Waals surface area contributed by atoms with Crippen molar-refractivity contribution in [3.05, 3.63) is 267 Å². The van der Waals surface area contributed by atoms with Crippen molar-refractivity contribution in [3.8, 4) is 44.5 Å². The Balaban J connectivity index is 0.929. The number of rotatable bonds is 10. The van der Waals surface area contributed by atoms with Crippen molar-refractivity contribution < 1.29 is 0 Å². The predicted octanol–water partition coefficient (Wildman–Crippen LogP) is 17.6. The molecule has 11 aromatic carbocycles. The number of nitrogens with zero attached hydrogens (tertiary/aromatic N) is 2. The quantitative estimate of drug-likeness (QED) is 0.136. The summed E-state index contributed by atoms with van der Waals surface area (Å²) in [5, 5.41) is 4.85. The molecule has 0 amide bonds. The number of anilines is 6. The highest BCUT2D eigenvalue weighted by Crippen LogP contribution is 2.44. The van der Waals surface area contributed by atoms with Gasteiger partial charge in [0.05, 0.1) is 11.4 Å². The van der Waals surface area contributed by atoms with E-state index in [9.17, 15) is 0 Å².